The largest absolute Gasteiger partial charge is 0.226 e. The summed E-state index contributed by atoms with van der Waals surface area (Å²) in [5.41, 5.74) is 15.5. The molecular weight excluding hydrogens is 697 g/mol. The lowest BCUT2D eigenvalue weighted by Gasteiger charge is -2.34. The topological polar surface area (TPSA) is 25.8 Å². The Bertz CT molecular complexity index is 3020. The fourth-order valence-corrected chi connectivity index (χ4v) is 10.1. The molecule has 3 heteroatoms. The minimum absolute atomic E-state index is 0.551. The van der Waals surface area contributed by atoms with Crippen LogP contribution in [0.1, 0.15) is 22.3 Å². The fourth-order valence-electron chi connectivity index (χ4n) is 8.91. The Kier molecular flexibility index (Phi) is 7.61. The van der Waals surface area contributed by atoms with Crippen LogP contribution in [-0.4, -0.2) is 9.97 Å². The number of hydrogen-bond acceptors (Lipinski definition) is 3. The van der Waals surface area contributed by atoms with E-state index >= 15 is 0 Å². The van der Waals surface area contributed by atoms with Gasteiger partial charge in [0.1, 0.15) is 0 Å². The van der Waals surface area contributed by atoms with Gasteiger partial charge in [-0.2, -0.15) is 0 Å². The van der Waals surface area contributed by atoms with E-state index < -0.39 is 5.41 Å². The van der Waals surface area contributed by atoms with Crippen LogP contribution < -0.4 is 0 Å². The molecule has 10 aromatic rings. The van der Waals surface area contributed by atoms with Gasteiger partial charge in [0.25, 0.3) is 0 Å². The Hall–Kier alpha value is -6.94. The van der Waals surface area contributed by atoms with E-state index in [2.05, 4.69) is 206 Å². The molecule has 0 atom stereocenters. The smallest absolute Gasteiger partial charge is 0.161 e. The van der Waals surface area contributed by atoms with Crippen molar-refractivity contribution < 1.29 is 0 Å². The van der Waals surface area contributed by atoms with E-state index in [-0.39, 0.29) is 0 Å². The van der Waals surface area contributed by atoms with Crippen LogP contribution >= 0.6 is 11.3 Å². The first kappa shape index (κ1) is 32.5. The van der Waals surface area contributed by atoms with Crippen LogP contribution in [0.4, 0.5) is 0 Å². The minimum atomic E-state index is -0.551. The number of rotatable bonds is 6. The Morgan fingerprint density at radius 3 is 1.70 bits per heavy atom. The summed E-state index contributed by atoms with van der Waals surface area (Å²) in [6.07, 6.45) is 0. The molecule has 0 bridgehead atoms. The molecule has 1 aliphatic carbocycles. The fraction of sp³-hybridized carbons (Fsp3) is 0.0189. The zero-order chi connectivity index (χ0) is 37.1. The van der Waals surface area contributed by atoms with Gasteiger partial charge in [-0.25, -0.2) is 9.97 Å². The number of fused-ring (bicyclic) bond motifs is 6. The van der Waals surface area contributed by atoms with Crippen LogP contribution in [-0.2, 0) is 5.41 Å². The average Bonchev–Trinajstić information content (AvgIpc) is 3.80. The van der Waals surface area contributed by atoms with Gasteiger partial charge in [0.05, 0.1) is 21.3 Å². The second kappa shape index (κ2) is 13.1. The summed E-state index contributed by atoms with van der Waals surface area (Å²) in [6, 6.07) is 74.5. The third-order valence-corrected chi connectivity index (χ3v) is 12.6. The van der Waals surface area contributed by atoms with Crippen LogP contribution in [0.5, 0.6) is 0 Å². The van der Waals surface area contributed by atoms with E-state index in [1.54, 1.807) is 11.3 Å². The molecule has 0 N–H and O–H groups in total. The molecule has 0 amide bonds. The molecule has 0 saturated heterocycles. The average molecular weight is 731 g/mol. The first-order valence-electron chi connectivity index (χ1n) is 19.1. The van der Waals surface area contributed by atoms with Crippen molar-refractivity contribution in [2.45, 2.75) is 5.41 Å². The van der Waals surface area contributed by atoms with Crippen LogP contribution in [0.25, 0.3) is 76.3 Å². The Labute approximate surface area is 330 Å². The number of aromatic nitrogens is 2. The van der Waals surface area contributed by atoms with E-state index in [4.69, 9.17) is 9.97 Å². The summed E-state index contributed by atoms with van der Waals surface area (Å²) in [6.45, 7) is 0. The quantitative estimate of drug-likeness (QED) is 0.170. The maximum atomic E-state index is 5.62. The van der Waals surface area contributed by atoms with E-state index in [1.807, 2.05) is 0 Å². The zero-order valence-corrected chi connectivity index (χ0v) is 31.2. The molecule has 0 saturated carbocycles. The predicted molar refractivity (Wildman–Crippen MR) is 234 cm³/mol. The monoisotopic (exact) mass is 730 g/mol. The first-order valence-corrected chi connectivity index (χ1v) is 19.9. The highest BCUT2D eigenvalue weighted by molar-refractivity contribution is 7.26. The van der Waals surface area contributed by atoms with Gasteiger partial charge < -0.3 is 0 Å². The van der Waals surface area contributed by atoms with Crippen LogP contribution in [0, 0.1) is 0 Å². The van der Waals surface area contributed by atoms with Gasteiger partial charge in [-0.15, -0.1) is 11.3 Å². The third kappa shape index (κ3) is 5.02. The van der Waals surface area contributed by atoms with Gasteiger partial charge in [0.15, 0.2) is 5.82 Å². The van der Waals surface area contributed by atoms with Crippen LogP contribution in [0.2, 0.25) is 0 Å². The van der Waals surface area contributed by atoms with Gasteiger partial charge in [-0.05, 0) is 79.9 Å². The normalized spacial score (nSPS) is 12.8. The lowest BCUT2D eigenvalue weighted by molar-refractivity contribution is 0.768. The third-order valence-electron chi connectivity index (χ3n) is 11.4. The molecule has 2 nitrogen and oxygen atoms in total. The number of thiophene rings is 1. The van der Waals surface area contributed by atoms with E-state index in [1.165, 1.54) is 43.6 Å². The lowest BCUT2D eigenvalue weighted by atomic mass is 9.67. The van der Waals surface area contributed by atoms with Crippen molar-refractivity contribution in [1.29, 1.82) is 0 Å². The minimum Gasteiger partial charge on any atom is -0.226 e. The predicted octanol–water partition coefficient (Wildman–Crippen LogP) is 13.9. The van der Waals surface area contributed by atoms with Gasteiger partial charge in [-0.1, -0.05) is 182 Å². The summed E-state index contributed by atoms with van der Waals surface area (Å²) < 4.78 is 2.30. The van der Waals surface area contributed by atoms with Crippen molar-refractivity contribution in [3.8, 4) is 56.0 Å². The summed E-state index contributed by atoms with van der Waals surface area (Å²) in [7, 11) is 0. The van der Waals surface area contributed by atoms with Crippen LogP contribution in [0.15, 0.2) is 206 Å². The van der Waals surface area contributed by atoms with Gasteiger partial charge in [-0.3, -0.25) is 0 Å². The molecule has 1 aliphatic rings. The van der Waals surface area contributed by atoms with Crippen molar-refractivity contribution in [3.63, 3.8) is 0 Å². The zero-order valence-electron chi connectivity index (χ0n) is 30.4. The summed E-state index contributed by atoms with van der Waals surface area (Å²) in [5, 5.41) is 1.15. The van der Waals surface area contributed by atoms with Crippen molar-refractivity contribution in [2.75, 3.05) is 0 Å². The highest BCUT2D eigenvalue weighted by Gasteiger charge is 2.46. The van der Waals surface area contributed by atoms with E-state index in [0.717, 1.165) is 49.1 Å². The summed E-state index contributed by atoms with van der Waals surface area (Å²) in [4.78, 5) is 11.2. The highest BCUT2D eigenvalue weighted by Crippen LogP contribution is 2.58. The van der Waals surface area contributed by atoms with Crippen molar-refractivity contribution in [2.24, 2.45) is 0 Å². The molecule has 56 heavy (non-hydrogen) atoms. The molecule has 0 aliphatic heterocycles. The van der Waals surface area contributed by atoms with Crippen molar-refractivity contribution >= 4 is 31.6 Å². The maximum Gasteiger partial charge on any atom is 0.161 e. The Morgan fingerprint density at radius 1 is 0.375 bits per heavy atom. The van der Waals surface area contributed by atoms with Crippen molar-refractivity contribution in [1.82, 2.24) is 9.97 Å². The molecule has 0 spiro atoms. The molecule has 2 heterocycles. The second-order valence-corrected chi connectivity index (χ2v) is 15.5. The molecule has 0 unspecified atom stereocenters. The van der Waals surface area contributed by atoms with E-state index in [0.29, 0.717) is 5.82 Å². The van der Waals surface area contributed by atoms with Gasteiger partial charge in [0, 0.05) is 21.2 Å². The molecular formula is C53H34N2S. The van der Waals surface area contributed by atoms with Crippen LogP contribution in [0.3, 0.4) is 0 Å². The number of hydrogen-bond donors (Lipinski definition) is 0. The molecule has 8 aromatic carbocycles. The van der Waals surface area contributed by atoms with Gasteiger partial charge >= 0.3 is 0 Å². The second-order valence-electron chi connectivity index (χ2n) is 14.5. The molecule has 11 rings (SSSR count). The molecule has 262 valence electrons. The first-order chi connectivity index (χ1) is 27.8. The number of nitrogens with zero attached hydrogens (tertiary/aromatic N) is 2. The van der Waals surface area contributed by atoms with Crippen molar-refractivity contribution in [3.05, 3.63) is 229 Å². The van der Waals surface area contributed by atoms with E-state index in [9.17, 15) is 0 Å². The summed E-state index contributed by atoms with van der Waals surface area (Å²) in [5.74, 6) is 0.716. The lowest BCUT2D eigenvalue weighted by Crippen LogP contribution is -2.28. The molecule has 0 radical (unpaired) electrons. The number of benzene rings is 8. The SMILES string of the molecule is c1ccc(-c2cccc(-c3nc(-c4cc5c(cc4-c4ccccc4)-c4ccccc4C5(c4ccccc4)c4ccccc4)nc4c3sc3ccccc34)c2)cc1. The summed E-state index contributed by atoms with van der Waals surface area (Å²) >= 11 is 1.77. The van der Waals surface area contributed by atoms with Gasteiger partial charge in [0.2, 0.25) is 0 Å². The highest BCUT2D eigenvalue weighted by atomic mass is 32.1. The molecule has 0 fully saturated rings. The Morgan fingerprint density at radius 2 is 0.964 bits per heavy atom. The Balaban J connectivity index is 1.25. The standard InChI is InChI=1S/C53H34N2S/c1-5-18-35(19-6-1)37-22-17-23-38(32-37)49-51-50(42-29-14-16-31-48(42)56-51)55-52(54-49)45-34-47-44(33-43(45)36-20-7-2-8-21-36)41-28-13-15-30-46(41)53(47,39-24-9-3-10-25-39)40-26-11-4-12-27-40/h1-34H. The molecule has 2 aromatic heterocycles. The maximum absolute atomic E-state index is 5.62.